The second-order valence-corrected chi connectivity index (χ2v) is 2.71. The van der Waals surface area contributed by atoms with Gasteiger partial charge < -0.3 is 15.9 Å². The van der Waals surface area contributed by atoms with Gasteiger partial charge in [0.25, 0.3) is 0 Å². The molecule has 1 unspecified atom stereocenters. The van der Waals surface area contributed by atoms with Gasteiger partial charge in [-0.3, -0.25) is 9.59 Å². The van der Waals surface area contributed by atoms with Crippen LogP contribution in [0.3, 0.4) is 0 Å². The minimum Gasteiger partial charge on any atom is -0.481 e. The van der Waals surface area contributed by atoms with Gasteiger partial charge >= 0.3 is 5.97 Å². The number of nitrogens with two attached hydrogens (primary N) is 1. The summed E-state index contributed by atoms with van der Waals surface area (Å²) in [5, 5.41) is 17.4. The molecule has 1 atom stereocenters. The number of aliphatic hydroxyl groups is 1. The smallest absolute Gasteiger partial charge is 0.306 e. The largest absolute Gasteiger partial charge is 0.481 e. The van der Waals surface area contributed by atoms with Crippen LogP contribution in [0.4, 0.5) is 0 Å². The fourth-order valence-corrected chi connectivity index (χ4v) is 0.764. The molecular formula is C6H11NO4. The Labute approximate surface area is 63.8 Å². The molecule has 64 valence electrons. The van der Waals surface area contributed by atoms with Gasteiger partial charge in [-0.05, 0) is 6.92 Å². The fraction of sp³-hybridized carbons (Fsp3) is 0.667. The maximum absolute atomic E-state index is 10.3. The minimum absolute atomic E-state index is 0.334. The number of rotatable bonds is 4. The van der Waals surface area contributed by atoms with Gasteiger partial charge in [-0.25, -0.2) is 0 Å². The van der Waals surface area contributed by atoms with Crippen molar-refractivity contribution in [2.45, 2.75) is 25.4 Å². The SMILES string of the molecule is CC(O)(CC(N)=O)CC(=O)O. The van der Waals surface area contributed by atoms with Gasteiger partial charge in [-0.2, -0.15) is 0 Å². The quantitative estimate of drug-likeness (QED) is 0.496. The molecule has 0 aromatic carbocycles. The fourth-order valence-electron chi connectivity index (χ4n) is 0.764. The molecule has 0 rings (SSSR count). The molecule has 0 saturated carbocycles. The van der Waals surface area contributed by atoms with Crippen molar-refractivity contribution in [1.29, 1.82) is 0 Å². The molecule has 0 aliphatic heterocycles. The summed E-state index contributed by atoms with van der Waals surface area (Å²) in [6, 6.07) is 0. The van der Waals surface area contributed by atoms with E-state index in [2.05, 4.69) is 0 Å². The first-order valence-electron chi connectivity index (χ1n) is 3.06. The van der Waals surface area contributed by atoms with Gasteiger partial charge in [0.15, 0.2) is 0 Å². The maximum Gasteiger partial charge on any atom is 0.306 e. The Morgan fingerprint density at radius 1 is 1.45 bits per heavy atom. The zero-order valence-corrected chi connectivity index (χ0v) is 6.20. The first kappa shape index (κ1) is 9.90. The Kier molecular flexibility index (Phi) is 3.00. The molecule has 0 fully saturated rings. The number of carbonyl (C=O) groups excluding carboxylic acids is 1. The highest BCUT2D eigenvalue weighted by atomic mass is 16.4. The van der Waals surface area contributed by atoms with E-state index in [1.807, 2.05) is 0 Å². The van der Waals surface area contributed by atoms with Crippen LogP contribution < -0.4 is 5.73 Å². The normalized spacial score (nSPS) is 15.5. The van der Waals surface area contributed by atoms with Crippen molar-refractivity contribution < 1.29 is 19.8 Å². The van der Waals surface area contributed by atoms with Crippen LogP contribution in [0.2, 0.25) is 0 Å². The number of aliphatic carboxylic acids is 1. The van der Waals surface area contributed by atoms with E-state index in [4.69, 9.17) is 10.8 Å². The highest BCUT2D eigenvalue weighted by Crippen LogP contribution is 2.12. The molecule has 4 N–H and O–H groups in total. The third kappa shape index (κ3) is 5.35. The summed E-state index contributed by atoms with van der Waals surface area (Å²) in [6.07, 6.45) is -0.810. The lowest BCUT2D eigenvalue weighted by molar-refractivity contribution is -0.142. The summed E-state index contributed by atoms with van der Waals surface area (Å²) in [4.78, 5) is 20.4. The van der Waals surface area contributed by atoms with Crippen molar-refractivity contribution in [1.82, 2.24) is 0 Å². The van der Waals surface area contributed by atoms with Crippen LogP contribution in [0.25, 0.3) is 0 Å². The number of carboxylic acid groups (broad SMARTS) is 1. The van der Waals surface area contributed by atoms with E-state index in [0.717, 1.165) is 0 Å². The van der Waals surface area contributed by atoms with Crippen molar-refractivity contribution in [2.24, 2.45) is 5.73 Å². The van der Waals surface area contributed by atoms with E-state index < -0.39 is 23.9 Å². The summed E-state index contributed by atoms with van der Waals surface area (Å²) in [5.74, 6) is -1.87. The molecule has 0 saturated heterocycles. The second kappa shape index (κ2) is 3.34. The number of hydrogen-bond donors (Lipinski definition) is 3. The summed E-state index contributed by atoms with van der Waals surface area (Å²) in [7, 11) is 0. The van der Waals surface area contributed by atoms with Gasteiger partial charge in [0.2, 0.25) is 5.91 Å². The molecule has 0 radical (unpaired) electrons. The van der Waals surface area contributed by atoms with Crippen LogP contribution >= 0.6 is 0 Å². The Morgan fingerprint density at radius 2 is 1.91 bits per heavy atom. The van der Waals surface area contributed by atoms with Gasteiger partial charge in [0.05, 0.1) is 18.4 Å². The maximum atomic E-state index is 10.3. The average Bonchev–Trinajstić information content (AvgIpc) is 1.53. The molecule has 0 aliphatic rings. The average molecular weight is 161 g/mol. The van der Waals surface area contributed by atoms with Crippen LogP contribution in [0.1, 0.15) is 19.8 Å². The molecular weight excluding hydrogens is 150 g/mol. The van der Waals surface area contributed by atoms with E-state index in [0.29, 0.717) is 0 Å². The predicted octanol–water partition coefficient (Wildman–Crippen LogP) is -0.913. The number of amides is 1. The lowest BCUT2D eigenvalue weighted by atomic mass is 9.98. The summed E-state index contributed by atoms with van der Waals surface area (Å²) in [6.45, 7) is 1.26. The van der Waals surface area contributed by atoms with Crippen molar-refractivity contribution in [3.63, 3.8) is 0 Å². The Balaban J connectivity index is 3.99. The standard InChI is InChI=1S/C6H11NO4/c1-6(11,2-4(7)8)3-5(9)10/h11H,2-3H2,1H3,(H2,7,8)(H,9,10). The van der Waals surface area contributed by atoms with Crippen LogP contribution in [0.5, 0.6) is 0 Å². The van der Waals surface area contributed by atoms with Gasteiger partial charge in [-0.15, -0.1) is 0 Å². The summed E-state index contributed by atoms with van der Waals surface area (Å²) >= 11 is 0. The molecule has 1 amide bonds. The van der Waals surface area contributed by atoms with Gasteiger partial charge in [0.1, 0.15) is 0 Å². The Hall–Kier alpha value is -1.10. The Morgan fingerprint density at radius 3 is 2.18 bits per heavy atom. The highest BCUT2D eigenvalue weighted by molar-refractivity contribution is 5.76. The number of primary amides is 1. The number of carboxylic acids is 1. The van der Waals surface area contributed by atoms with E-state index >= 15 is 0 Å². The van der Waals surface area contributed by atoms with Gasteiger partial charge in [-0.1, -0.05) is 0 Å². The topological polar surface area (TPSA) is 101 Å². The molecule has 0 heterocycles. The summed E-state index contributed by atoms with van der Waals surface area (Å²) < 4.78 is 0. The van der Waals surface area contributed by atoms with E-state index in [1.165, 1.54) is 6.92 Å². The third-order valence-electron chi connectivity index (χ3n) is 1.09. The molecule has 0 aromatic heterocycles. The first-order chi connectivity index (χ1) is 4.83. The molecule has 0 aromatic rings. The van der Waals surface area contributed by atoms with Crippen LogP contribution in [-0.4, -0.2) is 27.7 Å². The number of carbonyl (C=O) groups is 2. The molecule has 5 heteroatoms. The zero-order valence-electron chi connectivity index (χ0n) is 6.20. The molecule has 0 bridgehead atoms. The van der Waals surface area contributed by atoms with Crippen molar-refractivity contribution in [2.75, 3.05) is 0 Å². The number of hydrogen-bond acceptors (Lipinski definition) is 3. The lowest BCUT2D eigenvalue weighted by Gasteiger charge is -2.18. The van der Waals surface area contributed by atoms with Crippen LogP contribution in [0, 0.1) is 0 Å². The minimum atomic E-state index is -1.53. The highest BCUT2D eigenvalue weighted by Gasteiger charge is 2.26. The monoisotopic (exact) mass is 161 g/mol. The van der Waals surface area contributed by atoms with E-state index in [9.17, 15) is 14.7 Å². The second-order valence-electron chi connectivity index (χ2n) is 2.71. The summed E-state index contributed by atoms with van der Waals surface area (Å²) in [5.41, 5.74) is 3.23. The molecule has 5 nitrogen and oxygen atoms in total. The first-order valence-corrected chi connectivity index (χ1v) is 3.06. The van der Waals surface area contributed by atoms with E-state index in [1.54, 1.807) is 0 Å². The molecule has 0 spiro atoms. The van der Waals surface area contributed by atoms with Crippen LogP contribution in [0.15, 0.2) is 0 Å². The van der Waals surface area contributed by atoms with Crippen molar-refractivity contribution in [3.8, 4) is 0 Å². The molecule has 11 heavy (non-hydrogen) atoms. The molecule has 0 aliphatic carbocycles. The third-order valence-corrected chi connectivity index (χ3v) is 1.09. The zero-order chi connectivity index (χ0) is 9.07. The van der Waals surface area contributed by atoms with E-state index in [-0.39, 0.29) is 6.42 Å². The van der Waals surface area contributed by atoms with Gasteiger partial charge in [0, 0.05) is 0 Å². The van der Waals surface area contributed by atoms with Crippen molar-refractivity contribution >= 4 is 11.9 Å². The van der Waals surface area contributed by atoms with Crippen LogP contribution in [-0.2, 0) is 9.59 Å². The van der Waals surface area contributed by atoms with Crippen molar-refractivity contribution in [3.05, 3.63) is 0 Å². The lowest BCUT2D eigenvalue weighted by Crippen LogP contribution is -2.33. The Bertz CT molecular complexity index is 157. The predicted molar refractivity (Wildman–Crippen MR) is 36.7 cm³/mol.